The summed E-state index contributed by atoms with van der Waals surface area (Å²) < 4.78 is 0. The number of hydrogen-bond donors (Lipinski definition) is 0. The van der Waals surface area contributed by atoms with Crippen LogP contribution >= 0.6 is 0 Å². The molecule has 0 aromatic heterocycles. The second kappa shape index (κ2) is 9.84. The summed E-state index contributed by atoms with van der Waals surface area (Å²) in [4.78, 5) is 2.28. The van der Waals surface area contributed by atoms with Gasteiger partial charge in [-0.05, 0) is 64.7 Å². The van der Waals surface area contributed by atoms with Crippen LogP contribution in [0.3, 0.4) is 0 Å². The topological polar surface area (TPSA) is 3.24 Å². The standard InChI is InChI=1S/C32H25N/c1-5-13-27(14-6-1)32(28-15-7-2-8-16-28)25-26-21-23-31(24-22-26)33(29-17-9-3-10-18-29)30-19-11-4-12-20-30/h1-25H. The van der Waals surface area contributed by atoms with Crippen LogP contribution in [-0.4, -0.2) is 0 Å². The van der Waals surface area contributed by atoms with Gasteiger partial charge in [0.25, 0.3) is 0 Å². The van der Waals surface area contributed by atoms with Gasteiger partial charge < -0.3 is 4.90 Å². The van der Waals surface area contributed by atoms with Crippen molar-refractivity contribution in [3.05, 3.63) is 162 Å². The Labute approximate surface area is 195 Å². The number of hydrogen-bond acceptors (Lipinski definition) is 1. The highest BCUT2D eigenvalue weighted by atomic mass is 15.1. The average Bonchev–Trinajstić information content (AvgIpc) is 2.91. The smallest absolute Gasteiger partial charge is 0.0462 e. The lowest BCUT2D eigenvalue weighted by Crippen LogP contribution is -2.09. The third-order valence-electron chi connectivity index (χ3n) is 5.66. The number of benzene rings is 5. The molecule has 5 rings (SSSR count). The van der Waals surface area contributed by atoms with Gasteiger partial charge in [0, 0.05) is 17.1 Å². The first-order valence-corrected chi connectivity index (χ1v) is 11.2. The maximum Gasteiger partial charge on any atom is 0.0462 e. The van der Waals surface area contributed by atoms with Crippen molar-refractivity contribution in [2.24, 2.45) is 0 Å². The molecule has 5 aromatic rings. The molecule has 0 bridgehead atoms. The van der Waals surface area contributed by atoms with Crippen LogP contribution in [0.1, 0.15) is 16.7 Å². The lowest BCUT2D eigenvalue weighted by atomic mass is 9.95. The van der Waals surface area contributed by atoms with Crippen molar-refractivity contribution in [1.29, 1.82) is 0 Å². The molecule has 1 nitrogen and oxygen atoms in total. The van der Waals surface area contributed by atoms with Gasteiger partial charge in [-0.2, -0.15) is 0 Å². The zero-order chi connectivity index (χ0) is 22.3. The molecule has 0 atom stereocenters. The van der Waals surface area contributed by atoms with Crippen molar-refractivity contribution >= 4 is 28.7 Å². The van der Waals surface area contributed by atoms with E-state index in [1.54, 1.807) is 0 Å². The molecule has 1 heteroatoms. The van der Waals surface area contributed by atoms with E-state index in [1.165, 1.54) is 22.3 Å². The molecular formula is C32H25N. The molecule has 33 heavy (non-hydrogen) atoms. The summed E-state index contributed by atoms with van der Waals surface area (Å²) in [5.41, 5.74) is 8.22. The van der Waals surface area contributed by atoms with E-state index in [-0.39, 0.29) is 0 Å². The summed E-state index contributed by atoms with van der Waals surface area (Å²) >= 11 is 0. The van der Waals surface area contributed by atoms with E-state index in [0.717, 1.165) is 17.1 Å². The maximum atomic E-state index is 2.28. The van der Waals surface area contributed by atoms with Gasteiger partial charge in [-0.1, -0.05) is 109 Å². The van der Waals surface area contributed by atoms with Crippen molar-refractivity contribution in [3.8, 4) is 0 Å². The fourth-order valence-corrected chi connectivity index (χ4v) is 4.06. The van der Waals surface area contributed by atoms with Gasteiger partial charge in [-0.15, -0.1) is 0 Å². The van der Waals surface area contributed by atoms with Crippen LogP contribution < -0.4 is 4.90 Å². The molecule has 0 aliphatic rings. The Morgan fingerprint density at radius 2 is 0.758 bits per heavy atom. The first-order chi connectivity index (χ1) is 16.4. The predicted molar refractivity (Wildman–Crippen MR) is 141 cm³/mol. The van der Waals surface area contributed by atoms with Gasteiger partial charge in [0.15, 0.2) is 0 Å². The molecule has 0 amide bonds. The van der Waals surface area contributed by atoms with Crippen LogP contribution in [0.2, 0.25) is 0 Å². The highest BCUT2D eigenvalue weighted by molar-refractivity contribution is 5.91. The summed E-state index contributed by atoms with van der Waals surface area (Å²) in [7, 11) is 0. The molecule has 0 unspecified atom stereocenters. The second-order valence-electron chi connectivity index (χ2n) is 7.89. The third kappa shape index (κ3) is 4.78. The highest BCUT2D eigenvalue weighted by Crippen LogP contribution is 2.34. The van der Waals surface area contributed by atoms with Crippen molar-refractivity contribution < 1.29 is 0 Å². The van der Waals surface area contributed by atoms with E-state index in [0.29, 0.717) is 0 Å². The zero-order valence-electron chi connectivity index (χ0n) is 18.4. The number of rotatable bonds is 6. The number of para-hydroxylation sites is 2. The number of nitrogens with zero attached hydrogens (tertiary/aromatic N) is 1. The van der Waals surface area contributed by atoms with Crippen LogP contribution in [0.4, 0.5) is 17.1 Å². The SMILES string of the molecule is C(=C(c1ccccc1)c1ccccc1)c1ccc(N(c2ccccc2)c2ccccc2)cc1. The summed E-state index contributed by atoms with van der Waals surface area (Å²) in [6.45, 7) is 0. The normalized spacial score (nSPS) is 10.4. The lowest BCUT2D eigenvalue weighted by Gasteiger charge is -2.25. The molecular weight excluding hydrogens is 398 g/mol. The Morgan fingerprint density at radius 3 is 1.18 bits per heavy atom. The van der Waals surface area contributed by atoms with Crippen molar-refractivity contribution in [3.63, 3.8) is 0 Å². The average molecular weight is 424 g/mol. The first kappa shape index (κ1) is 20.5. The fraction of sp³-hybridized carbons (Fsp3) is 0. The van der Waals surface area contributed by atoms with Gasteiger partial charge in [-0.3, -0.25) is 0 Å². The van der Waals surface area contributed by atoms with Crippen LogP contribution in [0.15, 0.2) is 146 Å². The van der Waals surface area contributed by atoms with Gasteiger partial charge >= 0.3 is 0 Å². The molecule has 0 aliphatic carbocycles. The van der Waals surface area contributed by atoms with Gasteiger partial charge in [0.05, 0.1) is 0 Å². The van der Waals surface area contributed by atoms with Gasteiger partial charge in [0.2, 0.25) is 0 Å². The van der Waals surface area contributed by atoms with Crippen molar-refractivity contribution in [2.45, 2.75) is 0 Å². The summed E-state index contributed by atoms with van der Waals surface area (Å²) in [6, 6.07) is 50.9. The Bertz CT molecular complexity index is 1230. The quantitative estimate of drug-likeness (QED) is 0.247. The molecule has 0 radical (unpaired) electrons. The molecule has 0 aliphatic heterocycles. The Hall–Kier alpha value is -4.36. The minimum Gasteiger partial charge on any atom is -0.311 e. The van der Waals surface area contributed by atoms with E-state index >= 15 is 0 Å². The van der Waals surface area contributed by atoms with Crippen molar-refractivity contribution in [1.82, 2.24) is 0 Å². The largest absolute Gasteiger partial charge is 0.311 e. The van der Waals surface area contributed by atoms with Crippen LogP contribution in [-0.2, 0) is 0 Å². The second-order valence-corrected chi connectivity index (χ2v) is 7.89. The van der Waals surface area contributed by atoms with E-state index in [9.17, 15) is 0 Å². The monoisotopic (exact) mass is 423 g/mol. The highest BCUT2D eigenvalue weighted by Gasteiger charge is 2.12. The first-order valence-electron chi connectivity index (χ1n) is 11.2. The third-order valence-corrected chi connectivity index (χ3v) is 5.66. The van der Waals surface area contributed by atoms with Crippen LogP contribution in [0.5, 0.6) is 0 Å². The summed E-state index contributed by atoms with van der Waals surface area (Å²) in [6.07, 6.45) is 2.27. The lowest BCUT2D eigenvalue weighted by molar-refractivity contribution is 1.28. The van der Waals surface area contributed by atoms with Gasteiger partial charge in [0.1, 0.15) is 0 Å². The predicted octanol–water partition coefficient (Wildman–Crippen LogP) is 8.75. The Balaban J connectivity index is 1.54. The molecule has 0 N–H and O–H groups in total. The maximum absolute atomic E-state index is 2.28. The Kier molecular flexibility index (Phi) is 6.13. The Morgan fingerprint density at radius 1 is 0.394 bits per heavy atom. The number of anilines is 3. The van der Waals surface area contributed by atoms with E-state index in [1.807, 2.05) is 0 Å². The fourth-order valence-electron chi connectivity index (χ4n) is 4.06. The minimum atomic E-state index is 1.13. The molecule has 0 saturated heterocycles. The molecule has 0 saturated carbocycles. The molecule has 0 heterocycles. The molecule has 158 valence electrons. The van der Waals surface area contributed by atoms with Crippen LogP contribution in [0.25, 0.3) is 11.6 Å². The van der Waals surface area contributed by atoms with E-state index < -0.39 is 0 Å². The van der Waals surface area contributed by atoms with Crippen molar-refractivity contribution in [2.75, 3.05) is 4.90 Å². The van der Waals surface area contributed by atoms with E-state index in [4.69, 9.17) is 0 Å². The molecule has 0 fully saturated rings. The van der Waals surface area contributed by atoms with Crippen LogP contribution in [0, 0.1) is 0 Å². The molecule has 0 spiro atoms. The molecule has 5 aromatic carbocycles. The van der Waals surface area contributed by atoms with Gasteiger partial charge in [-0.25, -0.2) is 0 Å². The summed E-state index contributed by atoms with van der Waals surface area (Å²) in [5.74, 6) is 0. The zero-order valence-corrected chi connectivity index (χ0v) is 18.4. The summed E-state index contributed by atoms with van der Waals surface area (Å²) in [5, 5.41) is 0. The van der Waals surface area contributed by atoms with E-state index in [2.05, 4.69) is 157 Å². The minimum absolute atomic E-state index is 1.13.